The molecule has 1 aliphatic rings. The van der Waals surface area contributed by atoms with Gasteiger partial charge in [-0.25, -0.2) is 0 Å². The maximum atomic E-state index is 5.71. The Morgan fingerprint density at radius 3 is 2.89 bits per heavy atom. The first kappa shape index (κ1) is 20.6. The topological polar surface area (TPSA) is 46.1 Å². The summed E-state index contributed by atoms with van der Waals surface area (Å²) in [5, 5.41) is 6.09. The first-order valence-electron chi connectivity index (χ1n) is 10.4. The minimum absolute atomic E-state index is 0.568. The van der Waals surface area contributed by atoms with Crippen LogP contribution < -0.4 is 5.32 Å². The standard InChI is InChI=1S/C23H33N3O2/c1-3-24-23(26-14-12-19(17-26)18-28-16-15-27-2)25-13-11-21-9-6-8-20-7-4-5-10-22(20)21/h4-10,19H,3,11-18H2,1-2H3,(H,24,25). The van der Waals surface area contributed by atoms with Crippen LogP contribution in [0.25, 0.3) is 10.8 Å². The highest BCUT2D eigenvalue weighted by atomic mass is 16.5. The van der Waals surface area contributed by atoms with Crippen LogP contribution in [0.5, 0.6) is 0 Å². The van der Waals surface area contributed by atoms with E-state index in [1.165, 1.54) is 16.3 Å². The number of rotatable bonds is 9. The summed E-state index contributed by atoms with van der Waals surface area (Å²) in [7, 11) is 1.71. The predicted molar refractivity (Wildman–Crippen MR) is 116 cm³/mol. The second-order valence-corrected chi connectivity index (χ2v) is 7.29. The van der Waals surface area contributed by atoms with Crippen LogP contribution in [0.1, 0.15) is 18.9 Å². The van der Waals surface area contributed by atoms with Crippen molar-refractivity contribution in [3.63, 3.8) is 0 Å². The molecule has 1 aliphatic heterocycles. The van der Waals surface area contributed by atoms with E-state index in [1.54, 1.807) is 7.11 Å². The molecule has 1 fully saturated rings. The molecule has 0 radical (unpaired) electrons. The zero-order valence-electron chi connectivity index (χ0n) is 17.2. The van der Waals surface area contributed by atoms with E-state index in [0.29, 0.717) is 19.1 Å². The lowest BCUT2D eigenvalue weighted by Crippen LogP contribution is -2.40. The number of benzene rings is 2. The summed E-state index contributed by atoms with van der Waals surface area (Å²) in [5.74, 6) is 1.60. The number of ether oxygens (including phenoxy) is 2. The van der Waals surface area contributed by atoms with Gasteiger partial charge in [-0.15, -0.1) is 0 Å². The molecule has 1 unspecified atom stereocenters. The van der Waals surface area contributed by atoms with Crippen LogP contribution in [0, 0.1) is 5.92 Å². The van der Waals surface area contributed by atoms with Crippen LogP contribution in [0.2, 0.25) is 0 Å². The number of methoxy groups -OCH3 is 1. The van der Waals surface area contributed by atoms with Crippen LogP contribution in [0.15, 0.2) is 47.5 Å². The van der Waals surface area contributed by atoms with Gasteiger partial charge in [0.15, 0.2) is 5.96 Å². The van der Waals surface area contributed by atoms with Gasteiger partial charge in [-0.05, 0) is 36.1 Å². The molecule has 1 saturated heterocycles. The summed E-state index contributed by atoms with van der Waals surface area (Å²) >= 11 is 0. The van der Waals surface area contributed by atoms with Crippen molar-refractivity contribution >= 4 is 16.7 Å². The molecule has 3 rings (SSSR count). The van der Waals surface area contributed by atoms with Gasteiger partial charge >= 0.3 is 0 Å². The first-order valence-corrected chi connectivity index (χ1v) is 10.4. The van der Waals surface area contributed by atoms with Crippen LogP contribution in [-0.2, 0) is 15.9 Å². The van der Waals surface area contributed by atoms with Gasteiger partial charge in [-0.3, -0.25) is 4.99 Å². The molecule has 2 aromatic carbocycles. The van der Waals surface area contributed by atoms with Crippen molar-refractivity contribution in [3.8, 4) is 0 Å². The molecule has 0 spiro atoms. The van der Waals surface area contributed by atoms with Crippen molar-refractivity contribution in [2.75, 3.05) is 53.1 Å². The van der Waals surface area contributed by atoms with Crippen LogP contribution >= 0.6 is 0 Å². The molecule has 0 bridgehead atoms. The maximum Gasteiger partial charge on any atom is 0.193 e. The van der Waals surface area contributed by atoms with Gasteiger partial charge in [0.2, 0.25) is 0 Å². The molecular weight excluding hydrogens is 350 g/mol. The monoisotopic (exact) mass is 383 g/mol. The molecule has 0 aliphatic carbocycles. The Labute approximate surface area is 168 Å². The Kier molecular flexibility index (Phi) is 8.12. The Balaban J connectivity index is 1.55. The summed E-state index contributed by atoms with van der Waals surface area (Å²) in [4.78, 5) is 7.28. The molecule has 152 valence electrons. The lowest BCUT2D eigenvalue weighted by Gasteiger charge is -2.21. The minimum atomic E-state index is 0.568. The third kappa shape index (κ3) is 5.69. The zero-order chi connectivity index (χ0) is 19.6. The van der Waals surface area contributed by atoms with E-state index in [0.717, 1.165) is 51.6 Å². The fourth-order valence-corrected chi connectivity index (χ4v) is 3.77. The highest BCUT2D eigenvalue weighted by Gasteiger charge is 2.24. The summed E-state index contributed by atoms with van der Waals surface area (Å²) in [6, 6.07) is 15.1. The lowest BCUT2D eigenvalue weighted by molar-refractivity contribution is 0.0536. The number of hydrogen-bond acceptors (Lipinski definition) is 3. The predicted octanol–water partition coefficient (Wildman–Crippen LogP) is 3.33. The lowest BCUT2D eigenvalue weighted by atomic mass is 10.0. The third-order valence-corrected chi connectivity index (χ3v) is 5.23. The molecule has 0 aromatic heterocycles. The molecule has 1 atom stereocenters. The van der Waals surface area contributed by atoms with Gasteiger partial charge in [-0.1, -0.05) is 42.5 Å². The number of likely N-dealkylation sites (tertiary alicyclic amines) is 1. The van der Waals surface area contributed by atoms with E-state index in [4.69, 9.17) is 14.5 Å². The number of fused-ring (bicyclic) bond motifs is 1. The van der Waals surface area contributed by atoms with Crippen molar-refractivity contribution in [2.24, 2.45) is 10.9 Å². The van der Waals surface area contributed by atoms with E-state index >= 15 is 0 Å². The molecule has 2 aromatic rings. The average molecular weight is 384 g/mol. The second-order valence-electron chi connectivity index (χ2n) is 7.29. The number of nitrogens with one attached hydrogen (secondary N) is 1. The van der Waals surface area contributed by atoms with Crippen LogP contribution in [-0.4, -0.2) is 64.0 Å². The Hall–Kier alpha value is -2.11. The van der Waals surface area contributed by atoms with E-state index in [9.17, 15) is 0 Å². The molecular formula is C23H33N3O2. The van der Waals surface area contributed by atoms with Gasteiger partial charge < -0.3 is 19.7 Å². The normalized spacial score (nSPS) is 17.4. The Bertz CT molecular complexity index is 757. The fraction of sp³-hybridized carbons (Fsp3) is 0.522. The summed E-state index contributed by atoms with van der Waals surface area (Å²) in [6.07, 6.45) is 2.11. The number of hydrogen-bond donors (Lipinski definition) is 1. The third-order valence-electron chi connectivity index (χ3n) is 5.23. The van der Waals surface area contributed by atoms with Crippen molar-refractivity contribution in [1.82, 2.24) is 10.2 Å². The average Bonchev–Trinajstić information content (AvgIpc) is 3.19. The molecule has 1 N–H and O–H groups in total. The highest BCUT2D eigenvalue weighted by molar-refractivity contribution is 5.85. The minimum Gasteiger partial charge on any atom is -0.382 e. The van der Waals surface area contributed by atoms with Crippen molar-refractivity contribution in [1.29, 1.82) is 0 Å². The fourth-order valence-electron chi connectivity index (χ4n) is 3.77. The van der Waals surface area contributed by atoms with Crippen LogP contribution in [0.3, 0.4) is 0 Å². The van der Waals surface area contributed by atoms with Gasteiger partial charge in [0.1, 0.15) is 0 Å². The zero-order valence-corrected chi connectivity index (χ0v) is 17.2. The molecule has 0 saturated carbocycles. The summed E-state index contributed by atoms with van der Waals surface area (Å²) in [5.41, 5.74) is 1.36. The van der Waals surface area contributed by atoms with E-state index in [2.05, 4.69) is 59.6 Å². The Morgan fingerprint density at radius 2 is 2.04 bits per heavy atom. The van der Waals surface area contributed by atoms with Crippen LogP contribution in [0.4, 0.5) is 0 Å². The van der Waals surface area contributed by atoms with Crippen molar-refractivity contribution in [3.05, 3.63) is 48.0 Å². The molecule has 0 amide bonds. The molecule has 1 heterocycles. The van der Waals surface area contributed by atoms with E-state index in [1.807, 2.05) is 0 Å². The quantitative estimate of drug-likeness (QED) is 0.410. The SMILES string of the molecule is CCNC(=NCCc1cccc2ccccc12)N1CCC(COCCOC)C1. The van der Waals surface area contributed by atoms with Crippen molar-refractivity contribution < 1.29 is 9.47 Å². The number of guanidine groups is 1. The maximum absolute atomic E-state index is 5.71. The van der Waals surface area contributed by atoms with E-state index in [-0.39, 0.29) is 0 Å². The molecule has 5 nitrogen and oxygen atoms in total. The largest absolute Gasteiger partial charge is 0.382 e. The smallest absolute Gasteiger partial charge is 0.193 e. The van der Waals surface area contributed by atoms with Gasteiger partial charge in [-0.2, -0.15) is 0 Å². The molecule has 5 heteroatoms. The van der Waals surface area contributed by atoms with Crippen molar-refractivity contribution in [2.45, 2.75) is 19.8 Å². The summed E-state index contributed by atoms with van der Waals surface area (Å²) < 4.78 is 10.8. The van der Waals surface area contributed by atoms with Gasteiger partial charge in [0.05, 0.1) is 19.8 Å². The molecule has 28 heavy (non-hydrogen) atoms. The number of nitrogens with zero attached hydrogens (tertiary/aromatic N) is 2. The van der Waals surface area contributed by atoms with Gasteiger partial charge in [0.25, 0.3) is 0 Å². The van der Waals surface area contributed by atoms with E-state index < -0.39 is 0 Å². The Morgan fingerprint density at radius 1 is 1.18 bits per heavy atom. The summed E-state index contributed by atoms with van der Waals surface area (Å²) in [6.45, 7) is 7.99. The first-order chi connectivity index (χ1) is 13.8. The highest BCUT2D eigenvalue weighted by Crippen LogP contribution is 2.19. The second kappa shape index (κ2) is 11.0. The number of aliphatic imine (C=N–C) groups is 1. The van der Waals surface area contributed by atoms with Gasteiger partial charge in [0, 0.05) is 39.2 Å².